The zero-order valence-electron chi connectivity index (χ0n) is 12.7. The SMILES string of the molecule is COc1ccc2c(c1)[C@@H](NC(=O)N(C)CCC(=O)O)CCO2. The number of ether oxygens (including phenoxy) is 2. The number of carboxylic acids is 1. The van der Waals surface area contributed by atoms with Crippen molar-refractivity contribution >= 4 is 12.0 Å². The van der Waals surface area contributed by atoms with E-state index in [-0.39, 0.29) is 25.0 Å². The molecule has 0 saturated carbocycles. The molecule has 0 aromatic heterocycles. The van der Waals surface area contributed by atoms with Crippen molar-refractivity contribution in [2.45, 2.75) is 18.9 Å². The molecule has 1 aromatic carbocycles. The molecule has 0 aliphatic carbocycles. The van der Waals surface area contributed by atoms with Gasteiger partial charge >= 0.3 is 12.0 Å². The van der Waals surface area contributed by atoms with Gasteiger partial charge in [0, 0.05) is 25.6 Å². The second-order valence-electron chi connectivity index (χ2n) is 5.11. The van der Waals surface area contributed by atoms with Gasteiger partial charge in [0.05, 0.1) is 26.2 Å². The number of carboxylic acid groups (broad SMARTS) is 1. The molecule has 2 amide bonds. The van der Waals surface area contributed by atoms with E-state index in [2.05, 4.69) is 5.32 Å². The number of amides is 2. The van der Waals surface area contributed by atoms with Crippen molar-refractivity contribution in [2.75, 3.05) is 27.3 Å². The smallest absolute Gasteiger partial charge is 0.317 e. The Morgan fingerprint density at radius 1 is 1.50 bits per heavy atom. The van der Waals surface area contributed by atoms with Crippen LogP contribution in [0.3, 0.4) is 0 Å². The van der Waals surface area contributed by atoms with Gasteiger partial charge < -0.3 is 24.8 Å². The minimum atomic E-state index is -0.930. The number of benzene rings is 1. The van der Waals surface area contributed by atoms with E-state index in [4.69, 9.17) is 14.6 Å². The average Bonchev–Trinajstić information content (AvgIpc) is 2.52. The third kappa shape index (κ3) is 3.81. The third-order valence-electron chi connectivity index (χ3n) is 3.56. The highest BCUT2D eigenvalue weighted by atomic mass is 16.5. The van der Waals surface area contributed by atoms with Gasteiger partial charge in [0.15, 0.2) is 0 Å². The number of hydrogen-bond donors (Lipinski definition) is 2. The Hall–Kier alpha value is -2.44. The van der Waals surface area contributed by atoms with E-state index in [1.165, 1.54) is 4.90 Å². The van der Waals surface area contributed by atoms with Crippen molar-refractivity contribution < 1.29 is 24.2 Å². The molecule has 7 nitrogen and oxygen atoms in total. The zero-order chi connectivity index (χ0) is 16.1. The monoisotopic (exact) mass is 308 g/mol. The summed E-state index contributed by atoms with van der Waals surface area (Å²) in [4.78, 5) is 24.1. The van der Waals surface area contributed by atoms with E-state index >= 15 is 0 Å². The molecule has 22 heavy (non-hydrogen) atoms. The molecule has 1 aromatic rings. The van der Waals surface area contributed by atoms with E-state index in [9.17, 15) is 9.59 Å². The summed E-state index contributed by atoms with van der Waals surface area (Å²) in [6, 6.07) is 4.99. The van der Waals surface area contributed by atoms with Crippen LogP contribution in [0.25, 0.3) is 0 Å². The van der Waals surface area contributed by atoms with E-state index in [0.29, 0.717) is 18.8 Å². The highest BCUT2D eigenvalue weighted by Gasteiger charge is 2.24. The van der Waals surface area contributed by atoms with E-state index in [1.54, 1.807) is 14.2 Å². The summed E-state index contributed by atoms with van der Waals surface area (Å²) in [6.45, 7) is 0.679. The summed E-state index contributed by atoms with van der Waals surface area (Å²) in [6.07, 6.45) is 0.570. The van der Waals surface area contributed by atoms with E-state index in [1.807, 2.05) is 18.2 Å². The maximum atomic E-state index is 12.1. The minimum absolute atomic E-state index is 0.0812. The second-order valence-corrected chi connectivity index (χ2v) is 5.11. The maximum Gasteiger partial charge on any atom is 0.317 e. The molecule has 2 rings (SSSR count). The lowest BCUT2D eigenvalue weighted by Crippen LogP contribution is -2.41. The summed E-state index contributed by atoms with van der Waals surface area (Å²) in [5.41, 5.74) is 0.866. The van der Waals surface area contributed by atoms with Crippen LogP contribution >= 0.6 is 0 Å². The number of rotatable bonds is 5. The van der Waals surface area contributed by atoms with Gasteiger partial charge in [0.1, 0.15) is 11.5 Å². The van der Waals surface area contributed by atoms with Crippen molar-refractivity contribution in [1.82, 2.24) is 10.2 Å². The molecule has 1 heterocycles. The number of aliphatic carboxylic acids is 1. The normalized spacial score (nSPS) is 16.2. The third-order valence-corrected chi connectivity index (χ3v) is 3.56. The number of carbonyl (C=O) groups is 2. The second kappa shape index (κ2) is 7.02. The Kier molecular flexibility index (Phi) is 5.08. The first-order valence-electron chi connectivity index (χ1n) is 7.05. The molecule has 1 aliphatic heterocycles. The molecule has 1 aliphatic rings. The summed E-state index contributed by atoms with van der Waals surface area (Å²) >= 11 is 0. The fraction of sp³-hybridized carbons (Fsp3) is 0.467. The number of nitrogens with one attached hydrogen (secondary N) is 1. The van der Waals surface area contributed by atoms with E-state index < -0.39 is 5.97 Å². The average molecular weight is 308 g/mol. The van der Waals surface area contributed by atoms with Gasteiger partial charge in [-0.2, -0.15) is 0 Å². The quantitative estimate of drug-likeness (QED) is 0.863. The van der Waals surface area contributed by atoms with Crippen LogP contribution in [0.5, 0.6) is 11.5 Å². The number of urea groups is 1. The van der Waals surface area contributed by atoms with Crippen LogP contribution in [0.4, 0.5) is 4.79 Å². The predicted molar refractivity (Wildman–Crippen MR) is 79.3 cm³/mol. The van der Waals surface area contributed by atoms with Crippen molar-refractivity contribution in [3.8, 4) is 11.5 Å². The number of methoxy groups -OCH3 is 1. The predicted octanol–water partition coefficient (Wildman–Crippen LogP) is 1.63. The van der Waals surface area contributed by atoms with Gasteiger partial charge in [0.2, 0.25) is 0 Å². The zero-order valence-corrected chi connectivity index (χ0v) is 12.7. The summed E-state index contributed by atoms with van der Waals surface area (Å²) < 4.78 is 10.8. The Bertz CT molecular complexity index is 561. The number of carbonyl (C=O) groups excluding carboxylic acids is 1. The van der Waals surface area contributed by atoms with Crippen LogP contribution in [0.2, 0.25) is 0 Å². The molecule has 1 atom stereocenters. The summed E-state index contributed by atoms with van der Waals surface area (Å²) in [7, 11) is 3.16. The van der Waals surface area contributed by atoms with Crippen LogP contribution in [-0.4, -0.2) is 49.3 Å². The van der Waals surface area contributed by atoms with Gasteiger partial charge in [-0.3, -0.25) is 4.79 Å². The van der Waals surface area contributed by atoms with Crippen LogP contribution in [-0.2, 0) is 4.79 Å². The Morgan fingerprint density at radius 2 is 2.27 bits per heavy atom. The molecule has 0 fully saturated rings. The summed E-state index contributed by atoms with van der Waals surface area (Å²) in [5.74, 6) is 0.495. The standard InChI is InChI=1S/C15H20N2O5/c1-17(7-5-14(18)19)15(20)16-12-6-8-22-13-4-3-10(21-2)9-11(12)13/h3-4,9,12H,5-8H2,1-2H3,(H,16,20)(H,18,19)/t12-/m0/s1. The first kappa shape index (κ1) is 15.9. The highest BCUT2D eigenvalue weighted by molar-refractivity contribution is 5.75. The molecule has 0 radical (unpaired) electrons. The fourth-order valence-corrected chi connectivity index (χ4v) is 2.27. The van der Waals surface area contributed by atoms with Crippen molar-refractivity contribution in [1.29, 1.82) is 0 Å². The lowest BCUT2D eigenvalue weighted by atomic mass is 10.0. The minimum Gasteiger partial charge on any atom is -0.497 e. The van der Waals surface area contributed by atoms with Crippen molar-refractivity contribution in [3.63, 3.8) is 0 Å². The van der Waals surface area contributed by atoms with Crippen molar-refractivity contribution in [2.24, 2.45) is 0 Å². The lowest BCUT2D eigenvalue weighted by Gasteiger charge is -2.29. The topological polar surface area (TPSA) is 88.1 Å². The summed E-state index contributed by atoms with van der Waals surface area (Å²) in [5, 5.41) is 11.6. The van der Waals surface area contributed by atoms with E-state index in [0.717, 1.165) is 11.3 Å². The molecule has 7 heteroatoms. The van der Waals surface area contributed by atoms with Crippen LogP contribution in [0, 0.1) is 0 Å². The molecule has 0 spiro atoms. The maximum absolute atomic E-state index is 12.1. The van der Waals surface area contributed by atoms with Crippen molar-refractivity contribution in [3.05, 3.63) is 23.8 Å². The Morgan fingerprint density at radius 3 is 2.95 bits per heavy atom. The number of hydrogen-bond acceptors (Lipinski definition) is 4. The number of fused-ring (bicyclic) bond motifs is 1. The molecule has 0 unspecified atom stereocenters. The Balaban J connectivity index is 2.05. The van der Waals surface area contributed by atoms with Gasteiger partial charge in [-0.1, -0.05) is 0 Å². The van der Waals surface area contributed by atoms with Gasteiger partial charge in [-0.15, -0.1) is 0 Å². The van der Waals surface area contributed by atoms with Crippen LogP contribution in [0.1, 0.15) is 24.4 Å². The fourth-order valence-electron chi connectivity index (χ4n) is 2.27. The lowest BCUT2D eigenvalue weighted by molar-refractivity contribution is -0.137. The Labute approximate surface area is 128 Å². The molecule has 120 valence electrons. The molecule has 0 saturated heterocycles. The molecule has 2 N–H and O–H groups in total. The molecule has 0 bridgehead atoms. The largest absolute Gasteiger partial charge is 0.497 e. The van der Waals surface area contributed by atoms with Crippen LogP contribution < -0.4 is 14.8 Å². The van der Waals surface area contributed by atoms with Gasteiger partial charge in [-0.05, 0) is 18.2 Å². The number of nitrogens with zero attached hydrogens (tertiary/aromatic N) is 1. The van der Waals surface area contributed by atoms with Gasteiger partial charge in [-0.25, -0.2) is 4.79 Å². The first-order valence-corrected chi connectivity index (χ1v) is 7.05. The van der Waals surface area contributed by atoms with Gasteiger partial charge in [0.25, 0.3) is 0 Å². The molecular weight excluding hydrogens is 288 g/mol. The molecular formula is C15H20N2O5. The van der Waals surface area contributed by atoms with Crippen LogP contribution in [0.15, 0.2) is 18.2 Å². The highest BCUT2D eigenvalue weighted by Crippen LogP contribution is 2.34. The first-order chi connectivity index (χ1) is 10.5.